The number of nitrogens with zero attached hydrogens (tertiary/aromatic N) is 2. The van der Waals surface area contributed by atoms with Crippen molar-refractivity contribution in [3.05, 3.63) is 56.7 Å². The van der Waals surface area contributed by atoms with Crippen LogP contribution in [0.25, 0.3) is 0 Å². The number of aromatic nitrogens is 2. The third-order valence-corrected chi connectivity index (χ3v) is 3.64. The highest BCUT2D eigenvalue weighted by Gasteiger charge is 2.13. The number of hydrogen-bond acceptors (Lipinski definition) is 5. The van der Waals surface area contributed by atoms with Gasteiger partial charge in [-0.3, -0.25) is 4.79 Å². The monoisotopic (exact) mass is 370 g/mol. The Hall–Kier alpha value is -2.41. The van der Waals surface area contributed by atoms with Crippen LogP contribution in [0.5, 0.6) is 5.75 Å². The van der Waals surface area contributed by atoms with Gasteiger partial charge in [-0.1, -0.05) is 25.4 Å². The van der Waals surface area contributed by atoms with Crippen LogP contribution in [-0.2, 0) is 17.9 Å². The number of pyridine rings is 2. The number of hydrogen-bond donors (Lipinski definition) is 0. The Labute approximate surface area is 150 Å². The molecule has 2 rings (SSSR count). The minimum absolute atomic E-state index is 0.282. The Morgan fingerprint density at radius 2 is 2.08 bits per heavy atom. The molecule has 0 N–H and O–H groups in total. The quantitative estimate of drug-likeness (QED) is 0.753. The fourth-order valence-corrected chi connectivity index (χ4v) is 2.36. The molecule has 0 atom stereocenters. The van der Waals surface area contributed by atoms with Gasteiger partial charge in [0, 0.05) is 35.2 Å². The zero-order valence-corrected chi connectivity index (χ0v) is 15.3. The number of ether oxygens (including phenoxy) is 1. The van der Waals surface area contributed by atoms with Crippen LogP contribution in [0, 0.1) is 6.92 Å². The van der Waals surface area contributed by atoms with E-state index in [4.69, 9.17) is 16.3 Å². The molecular formula is C17H20ClFN2O4. The average molecular weight is 371 g/mol. The first-order valence-electron chi connectivity index (χ1n) is 7.69. The highest BCUT2D eigenvalue weighted by atomic mass is 35.5. The molecule has 0 aliphatic rings. The van der Waals surface area contributed by atoms with Crippen molar-refractivity contribution >= 4 is 17.6 Å². The van der Waals surface area contributed by atoms with Gasteiger partial charge in [0.05, 0.1) is 7.11 Å². The molecule has 2 heterocycles. The summed E-state index contributed by atoms with van der Waals surface area (Å²) in [6, 6.07) is 2.96. The first-order valence-corrected chi connectivity index (χ1v) is 8.07. The summed E-state index contributed by atoms with van der Waals surface area (Å²) in [5.41, 5.74) is 0.688. The lowest BCUT2D eigenvalue weighted by molar-refractivity contribution is -0.0789. The van der Waals surface area contributed by atoms with E-state index in [1.165, 1.54) is 25.6 Å². The van der Waals surface area contributed by atoms with Gasteiger partial charge in [-0.2, -0.15) is 0 Å². The van der Waals surface area contributed by atoms with E-state index in [2.05, 4.69) is 9.93 Å². The Morgan fingerprint density at radius 3 is 2.68 bits per heavy atom. The molecule has 25 heavy (non-hydrogen) atoms. The van der Waals surface area contributed by atoms with Gasteiger partial charge in [-0.05, 0) is 25.0 Å². The summed E-state index contributed by atoms with van der Waals surface area (Å²) in [5.74, 6) is -0.843. The standard InChI is InChI=1S/C15H14ClFN2O4.C2H6/c1-9-10(7-13(22-2)14(16)18-9)3-5-19-6-4-12(20)11(8-19)15(21)23-17;1-2/h4,6-8H,3,5H2,1-2H3;1-2H3. The van der Waals surface area contributed by atoms with Crippen LogP contribution in [0.3, 0.4) is 0 Å². The van der Waals surface area contributed by atoms with Gasteiger partial charge in [0.2, 0.25) is 0 Å². The molecular weight excluding hydrogens is 351 g/mol. The number of methoxy groups -OCH3 is 1. The van der Waals surface area contributed by atoms with E-state index in [1.54, 1.807) is 10.6 Å². The van der Waals surface area contributed by atoms with Gasteiger partial charge in [-0.25, -0.2) is 14.7 Å². The van der Waals surface area contributed by atoms with E-state index in [-0.39, 0.29) is 10.7 Å². The van der Waals surface area contributed by atoms with Crippen molar-refractivity contribution in [2.75, 3.05) is 7.11 Å². The van der Waals surface area contributed by atoms with E-state index in [1.807, 2.05) is 20.8 Å². The zero-order chi connectivity index (χ0) is 19.0. The van der Waals surface area contributed by atoms with Crippen molar-refractivity contribution in [3.63, 3.8) is 0 Å². The molecule has 0 aliphatic carbocycles. The summed E-state index contributed by atoms with van der Waals surface area (Å²) < 4.78 is 18.7. The van der Waals surface area contributed by atoms with E-state index in [9.17, 15) is 14.1 Å². The molecule has 0 amide bonds. The molecule has 0 aliphatic heterocycles. The second kappa shape index (κ2) is 9.78. The summed E-state index contributed by atoms with van der Waals surface area (Å²) in [6.45, 7) is 6.26. The highest BCUT2D eigenvalue weighted by molar-refractivity contribution is 6.30. The molecule has 8 heteroatoms. The molecule has 0 fully saturated rings. The molecule has 0 saturated carbocycles. The fourth-order valence-electron chi connectivity index (χ4n) is 2.10. The van der Waals surface area contributed by atoms with Crippen molar-refractivity contribution in [1.29, 1.82) is 0 Å². The van der Waals surface area contributed by atoms with E-state index in [0.717, 1.165) is 11.3 Å². The Kier molecular flexibility index (Phi) is 8.07. The van der Waals surface area contributed by atoms with Gasteiger partial charge >= 0.3 is 5.97 Å². The van der Waals surface area contributed by atoms with Crippen LogP contribution >= 0.6 is 11.6 Å². The van der Waals surface area contributed by atoms with Gasteiger partial charge in [0.15, 0.2) is 16.3 Å². The minimum atomic E-state index is -1.31. The molecule has 136 valence electrons. The van der Waals surface area contributed by atoms with Crippen molar-refractivity contribution in [2.24, 2.45) is 0 Å². The second-order valence-corrected chi connectivity index (χ2v) is 5.16. The molecule has 0 radical (unpaired) electrons. The predicted octanol–water partition coefficient (Wildman–Crippen LogP) is 3.52. The largest absolute Gasteiger partial charge is 0.494 e. The number of carbonyl (C=O) groups excluding carboxylic acids is 1. The van der Waals surface area contributed by atoms with Gasteiger partial charge in [0.1, 0.15) is 5.56 Å². The van der Waals surface area contributed by atoms with Gasteiger partial charge < -0.3 is 9.30 Å². The first kappa shape index (κ1) is 20.6. The minimum Gasteiger partial charge on any atom is -0.494 e. The van der Waals surface area contributed by atoms with Crippen molar-refractivity contribution in [3.8, 4) is 5.75 Å². The first-order chi connectivity index (χ1) is 12.0. The zero-order valence-electron chi connectivity index (χ0n) is 14.5. The molecule has 0 bridgehead atoms. The van der Waals surface area contributed by atoms with Crippen LogP contribution in [0.15, 0.2) is 29.3 Å². The average Bonchev–Trinajstić information content (AvgIpc) is 2.63. The Bertz CT molecular complexity index is 793. The molecule has 2 aromatic rings. The van der Waals surface area contributed by atoms with Crippen LogP contribution in [-0.4, -0.2) is 22.6 Å². The SMILES string of the molecule is CC.COc1cc(CCn2ccc(=O)c(C(=O)OF)c2)c(C)nc1Cl. The summed E-state index contributed by atoms with van der Waals surface area (Å²) in [7, 11) is 1.50. The van der Waals surface area contributed by atoms with Crippen LogP contribution in [0.4, 0.5) is 4.53 Å². The summed E-state index contributed by atoms with van der Waals surface area (Å²) in [5, 5.41) is 0.282. The number of carbonyl (C=O) groups is 1. The molecule has 6 nitrogen and oxygen atoms in total. The summed E-state index contributed by atoms with van der Waals surface area (Å²) >= 11 is 5.94. The van der Waals surface area contributed by atoms with Crippen molar-refractivity contribution in [1.82, 2.24) is 9.55 Å². The highest BCUT2D eigenvalue weighted by Crippen LogP contribution is 2.25. The molecule has 0 saturated heterocycles. The van der Waals surface area contributed by atoms with Gasteiger partial charge in [0.25, 0.3) is 0 Å². The molecule has 0 unspecified atom stereocenters. The second-order valence-electron chi connectivity index (χ2n) is 4.80. The van der Waals surface area contributed by atoms with Gasteiger partial charge in [-0.15, -0.1) is 0 Å². The van der Waals surface area contributed by atoms with Crippen molar-refractivity contribution in [2.45, 2.75) is 33.7 Å². The van der Waals surface area contributed by atoms with Crippen LogP contribution in [0.1, 0.15) is 35.5 Å². The van der Waals surface area contributed by atoms with E-state index >= 15 is 0 Å². The Morgan fingerprint density at radius 1 is 1.40 bits per heavy atom. The summed E-state index contributed by atoms with van der Waals surface area (Å²) in [6.07, 6.45) is 3.31. The lowest BCUT2D eigenvalue weighted by Crippen LogP contribution is -2.17. The maximum absolute atomic E-state index is 12.0. The van der Waals surface area contributed by atoms with E-state index < -0.39 is 11.4 Å². The fraction of sp³-hybridized carbons (Fsp3) is 0.353. The normalized spacial score (nSPS) is 9.84. The van der Waals surface area contributed by atoms with Crippen LogP contribution < -0.4 is 10.2 Å². The van der Waals surface area contributed by atoms with Crippen LogP contribution in [0.2, 0.25) is 5.15 Å². The lowest BCUT2D eigenvalue weighted by atomic mass is 10.1. The molecule has 0 aromatic carbocycles. The van der Waals surface area contributed by atoms with E-state index in [0.29, 0.717) is 18.7 Å². The smallest absolute Gasteiger partial charge is 0.384 e. The third-order valence-electron chi connectivity index (χ3n) is 3.37. The molecule has 2 aromatic heterocycles. The number of halogens is 2. The maximum Gasteiger partial charge on any atom is 0.384 e. The Balaban J connectivity index is 0.00000151. The topological polar surface area (TPSA) is 70.4 Å². The summed E-state index contributed by atoms with van der Waals surface area (Å²) in [4.78, 5) is 30.0. The predicted molar refractivity (Wildman–Crippen MR) is 92.8 cm³/mol. The lowest BCUT2D eigenvalue weighted by Gasteiger charge is -2.11. The number of aryl methyl sites for hydroxylation is 3. The maximum atomic E-state index is 12.0. The van der Waals surface area contributed by atoms with Crippen molar-refractivity contribution < 1.29 is 19.0 Å². The molecule has 0 spiro atoms. The third kappa shape index (κ3) is 5.29. The number of rotatable bonds is 5.